The molecule has 0 heterocycles. The third-order valence-corrected chi connectivity index (χ3v) is 2.40. The Morgan fingerprint density at radius 1 is 1.36 bits per heavy atom. The van der Waals surface area contributed by atoms with Crippen LogP contribution >= 0.6 is 0 Å². The van der Waals surface area contributed by atoms with Crippen molar-refractivity contribution in [3.05, 3.63) is 30.1 Å². The van der Waals surface area contributed by atoms with E-state index in [-0.39, 0.29) is 11.9 Å². The van der Waals surface area contributed by atoms with Crippen LogP contribution in [0.4, 0.5) is 10.1 Å². The van der Waals surface area contributed by atoms with Gasteiger partial charge in [-0.05, 0) is 43.0 Å². The Bertz CT molecular complexity index is 349. The second kappa shape index (κ2) is 3.67. The molecule has 1 fully saturated rings. The first kappa shape index (κ1) is 9.01. The van der Waals surface area contributed by atoms with Gasteiger partial charge in [0.05, 0.1) is 6.07 Å². The Morgan fingerprint density at radius 2 is 2.00 bits per heavy atom. The molecule has 14 heavy (non-hydrogen) atoms. The van der Waals surface area contributed by atoms with E-state index in [1.807, 2.05) is 0 Å². The zero-order valence-electron chi connectivity index (χ0n) is 7.70. The van der Waals surface area contributed by atoms with E-state index in [0.29, 0.717) is 5.92 Å². The van der Waals surface area contributed by atoms with Crippen LogP contribution in [0.3, 0.4) is 0 Å². The SMILES string of the molecule is N#CC(Nc1ccc(F)cc1)C1CC1. The first-order valence-corrected chi connectivity index (χ1v) is 4.71. The maximum Gasteiger partial charge on any atom is 0.123 e. The van der Waals surface area contributed by atoms with Crippen molar-refractivity contribution in [2.45, 2.75) is 18.9 Å². The highest BCUT2D eigenvalue weighted by molar-refractivity contribution is 5.45. The Kier molecular flexibility index (Phi) is 2.36. The van der Waals surface area contributed by atoms with Crippen molar-refractivity contribution < 1.29 is 4.39 Å². The Morgan fingerprint density at radius 3 is 2.50 bits per heavy atom. The lowest BCUT2D eigenvalue weighted by Crippen LogP contribution is -2.19. The van der Waals surface area contributed by atoms with Gasteiger partial charge in [-0.25, -0.2) is 4.39 Å². The third kappa shape index (κ3) is 2.02. The summed E-state index contributed by atoms with van der Waals surface area (Å²) in [4.78, 5) is 0. The molecule has 3 heteroatoms. The number of nitrogens with zero attached hydrogens (tertiary/aromatic N) is 1. The largest absolute Gasteiger partial charge is 0.370 e. The molecule has 1 aliphatic rings. The molecular weight excluding hydrogens is 179 g/mol. The standard InChI is InChI=1S/C11H11FN2/c12-9-3-5-10(6-4-9)14-11(7-13)8-1-2-8/h3-6,8,11,14H,1-2H2. The maximum atomic E-state index is 12.6. The normalized spacial score (nSPS) is 17.1. The topological polar surface area (TPSA) is 35.8 Å². The predicted molar refractivity (Wildman–Crippen MR) is 52.1 cm³/mol. The molecule has 0 radical (unpaired) electrons. The van der Waals surface area contributed by atoms with Gasteiger partial charge in [0.1, 0.15) is 11.9 Å². The average Bonchev–Trinajstić information content (AvgIpc) is 3.01. The Labute approximate surface area is 82.4 Å². The number of hydrogen-bond donors (Lipinski definition) is 1. The van der Waals surface area contributed by atoms with Crippen molar-refractivity contribution in [2.24, 2.45) is 5.92 Å². The van der Waals surface area contributed by atoms with Crippen molar-refractivity contribution in [1.82, 2.24) is 0 Å². The van der Waals surface area contributed by atoms with E-state index >= 15 is 0 Å². The van der Waals surface area contributed by atoms with Gasteiger partial charge in [-0.3, -0.25) is 0 Å². The van der Waals surface area contributed by atoms with E-state index in [2.05, 4.69) is 11.4 Å². The molecule has 1 unspecified atom stereocenters. The minimum atomic E-state index is -0.254. The monoisotopic (exact) mass is 190 g/mol. The van der Waals surface area contributed by atoms with Gasteiger partial charge >= 0.3 is 0 Å². The van der Waals surface area contributed by atoms with Crippen LogP contribution in [0.15, 0.2) is 24.3 Å². The fraction of sp³-hybridized carbons (Fsp3) is 0.364. The summed E-state index contributed by atoms with van der Waals surface area (Å²) in [6, 6.07) is 8.19. The van der Waals surface area contributed by atoms with Crippen LogP contribution < -0.4 is 5.32 Å². The van der Waals surface area contributed by atoms with Crippen LogP contribution in [0.25, 0.3) is 0 Å². The fourth-order valence-corrected chi connectivity index (χ4v) is 1.41. The van der Waals surface area contributed by atoms with Crippen LogP contribution in [0.5, 0.6) is 0 Å². The number of nitrogens with one attached hydrogen (secondary N) is 1. The summed E-state index contributed by atoms with van der Waals surface area (Å²) < 4.78 is 12.6. The van der Waals surface area contributed by atoms with Crippen molar-refractivity contribution in [1.29, 1.82) is 5.26 Å². The van der Waals surface area contributed by atoms with E-state index < -0.39 is 0 Å². The molecule has 1 aliphatic carbocycles. The molecule has 0 aliphatic heterocycles. The van der Waals surface area contributed by atoms with E-state index in [1.54, 1.807) is 12.1 Å². The van der Waals surface area contributed by atoms with Gasteiger partial charge in [0.2, 0.25) is 0 Å². The molecular formula is C11H11FN2. The number of anilines is 1. The summed E-state index contributed by atoms with van der Waals surface area (Å²) in [5.41, 5.74) is 0.810. The molecule has 0 bridgehead atoms. The molecule has 2 nitrogen and oxygen atoms in total. The maximum absolute atomic E-state index is 12.6. The zero-order chi connectivity index (χ0) is 9.97. The van der Waals surface area contributed by atoms with E-state index in [9.17, 15) is 4.39 Å². The summed E-state index contributed by atoms with van der Waals surface area (Å²) >= 11 is 0. The highest BCUT2D eigenvalue weighted by Gasteiger charge is 2.31. The zero-order valence-corrected chi connectivity index (χ0v) is 7.70. The highest BCUT2D eigenvalue weighted by Crippen LogP contribution is 2.33. The van der Waals surface area contributed by atoms with Crippen molar-refractivity contribution in [2.75, 3.05) is 5.32 Å². The smallest absolute Gasteiger partial charge is 0.123 e. The summed E-state index contributed by atoms with van der Waals surface area (Å²) in [5.74, 6) is 0.223. The van der Waals surface area contributed by atoms with Crippen molar-refractivity contribution in [3.8, 4) is 6.07 Å². The lowest BCUT2D eigenvalue weighted by molar-refractivity contribution is 0.628. The molecule has 1 aromatic carbocycles. The Hall–Kier alpha value is -1.56. The molecule has 0 spiro atoms. The van der Waals surface area contributed by atoms with Crippen molar-refractivity contribution in [3.63, 3.8) is 0 Å². The van der Waals surface area contributed by atoms with Gasteiger partial charge < -0.3 is 5.32 Å². The molecule has 0 amide bonds. The molecule has 2 rings (SSSR count). The summed E-state index contributed by atoms with van der Waals surface area (Å²) in [7, 11) is 0. The van der Waals surface area contributed by atoms with Gasteiger partial charge in [0, 0.05) is 5.69 Å². The van der Waals surface area contributed by atoms with Crippen molar-refractivity contribution >= 4 is 5.69 Å². The van der Waals surface area contributed by atoms with Crippen LogP contribution in [-0.4, -0.2) is 6.04 Å². The second-order valence-electron chi connectivity index (χ2n) is 3.60. The van der Waals surface area contributed by atoms with Gasteiger partial charge in [-0.2, -0.15) is 5.26 Å². The molecule has 0 saturated heterocycles. The minimum Gasteiger partial charge on any atom is -0.370 e. The van der Waals surface area contributed by atoms with Gasteiger partial charge in [0.15, 0.2) is 0 Å². The first-order valence-electron chi connectivity index (χ1n) is 4.71. The average molecular weight is 190 g/mol. The van der Waals surface area contributed by atoms with E-state index in [1.165, 1.54) is 12.1 Å². The highest BCUT2D eigenvalue weighted by atomic mass is 19.1. The number of hydrogen-bond acceptors (Lipinski definition) is 2. The van der Waals surface area contributed by atoms with Crippen LogP contribution in [0.2, 0.25) is 0 Å². The van der Waals surface area contributed by atoms with Gasteiger partial charge in [-0.15, -0.1) is 0 Å². The molecule has 1 atom stereocenters. The molecule has 1 saturated carbocycles. The second-order valence-corrected chi connectivity index (χ2v) is 3.60. The summed E-state index contributed by atoms with van der Waals surface area (Å²) in [6.07, 6.45) is 2.23. The number of rotatable bonds is 3. The number of halogens is 1. The van der Waals surface area contributed by atoms with Crippen LogP contribution in [0.1, 0.15) is 12.8 Å². The van der Waals surface area contributed by atoms with Gasteiger partial charge in [0.25, 0.3) is 0 Å². The molecule has 1 aromatic rings. The Balaban J connectivity index is 2.02. The summed E-state index contributed by atoms with van der Waals surface area (Å²) in [6.45, 7) is 0. The lowest BCUT2D eigenvalue weighted by Gasteiger charge is -2.11. The quantitative estimate of drug-likeness (QED) is 0.795. The number of benzene rings is 1. The van der Waals surface area contributed by atoms with Gasteiger partial charge in [-0.1, -0.05) is 0 Å². The predicted octanol–water partition coefficient (Wildman–Crippen LogP) is 2.54. The minimum absolute atomic E-state index is 0.125. The van der Waals surface area contributed by atoms with Crippen LogP contribution in [0, 0.1) is 23.1 Å². The molecule has 1 N–H and O–H groups in total. The summed E-state index contributed by atoms with van der Waals surface area (Å²) in [5, 5.41) is 12.0. The van der Waals surface area contributed by atoms with E-state index in [0.717, 1.165) is 18.5 Å². The molecule has 0 aromatic heterocycles. The molecule has 72 valence electrons. The van der Waals surface area contributed by atoms with Crippen LogP contribution in [-0.2, 0) is 0 Å². The number of nitriles is 1. The third-order valence-electron chi connectivity index (χ3n) is 2.40. The lowest BCUT2D eigenvalue weighted by atomic mass is 10.2. The first-order chi connectivity index (χ1) is 6.79. The fourth-order valence-electron chi connectivity index (χ4n) is 1.41. The van der Waals surface area contributed by atoms with E-state index in [4.69, 9.17) is 5.26 Å².